The van der Waals surface area contributed by atoms with Gasteiger partial charge in [0.15, 0.2) is 0 Å². The number of amides is 1. The Morgan fingerprint density at radius 1 is 1.12 bits per heavy atom. The van der Waals surface area contributed by atoms with Crippen molar-refractivity contribution in [3.63, 3.8) is 0 Å². The van der Waals surface area contributed by atoms with E-state index in [0.29, 0.717) is 12.1 Å². The number of morpholine rings is 1. The molecule has 26 heavy (non-hydrogen) atoms. The van der Waals surface area contributed by atoms with Crippen LogP contribution in [0, 0.1) is 6.92 Å². The van der Waals surface area contributed by atoms with E-state index in [2.05, 4.69) is 34.5 Å². The Morgan fingerprint density at radius 2 is 1.81 bits per heavy atom. The molecule has 1 aliphatic heterocycles. The summed E-state index contributed by atoms with van der Waals surface area (Å²) in [6, 6.07) is 13.9. The molecule has 0 bridgehead atoms. The van der Waals surface area contributed by atoms with Gasteiger partial charge in [-0.15, -0.1) is 0 Å². The number of nitrogens with one attached hydrogen (secondary N) is 1. The average Bonchev–Trinajstić information content (AvgIpc) is 2.68. The van der Waals surface area contributed by atoms with Gasteiger partial charge in [0.25, 0.3) is 5.91 Å². The highest BCUT2D eigenvalue weighted by Crippen LogP contribution is 2.19. The fraction of sp³-hybridized carbons (Fsp3) is 0.381. The molecule has 0 spiro atoms. The topological polar surface area (TPSA) is 50.8 Å². The number of carbonyl (C=O) groups excluding carboxylic acids is 1. The summed E-state index contributed by atoms with van der Waals surface area (Å²) in [5.41, 5.74) is 3.99. The first-order chi connectivity index (χ1) is 12.7. The van der Waals surface area contributed by atoms with E-state index in [-0.39, 0.29) is 5.91 Å². The Labute approximate surface area is 154 Å². The molecule has 138 valence electrons. The lowest BCUT2D eigenvalue weighted by molar-refractivity contribution is 0.0342. The maximum atomic E-state index is 12.3. The van der Waals surface area contributed by atoms with Crippen molar-refractivity contribution in [2.24, 2.45) is 0 Å². The van der Waals surface area contributed by atoms with Crippen molar-refractivity contribution in [2.75, 3.05) is 33.4 Å². The van der Waals surface area contributed by atoms with Crippen LogP contribution in [0.15, 0.2) is 42.5 Å². The molecule has 0 unspecified atom stereocenters. The second-order valence-electron chi connectivity index (χ2n) is 6.57. The van der Waals surface area contributed by atoms with E-state index >= 15 is 0 Å². The highest BCUT2D eigenvalue weighted by atomic mass is 16.5. The Kier molecular flexibility index (Phi) is 6.26. The fourth-order valence-corrected chi connectivity index (χ4v) is 3.03. The lowest BCUT2D eigenvalue weighted by Gasteiger charge is -2.26. The minimum absolute atomic E-state index is 0.0966. The Balaban J connectivity index is 1.53. The zero-order valence-corrected chi connectivity index (χ0v) is 15.5. The molecule has 0 aliphatic carbocycles. The van der Waals surface area contributed by atoms with Crippen molar-refractivity contribution in [3.05, 3.63) is 64.7 Å². The van der Waals surface area contributed by atoms with Crippen molar-refractivity contribution in [1.29, 1.82) is 0 Å². The van der Waals surface area contributed by atoms with Crippen LogP contribution in [0.4, 0.5) is 0 Å². The number of ether oxygens (including phenoxy) is 2. The van der Waals surface area contributed by atoms with E-state index in [1.165, 1.54) is 5.56 Å². The third-order valence-electron chi connectivity index (χ3n) is 4.66. The molecule has 1 amide bonds. The third-order valence-corrected chi connectivity index (χ3v) is 4.66. The van der Waals surface area contributed by atoms with Gasteiger partial charge in [-0.3, -0.25) is 9.69 Å². The van der Waals surface area contributed by atoms with Crippen molar-refractivity contribution >= 4 is 5.91 Å². The molecule has 0 aromatic heterocycles. The molecule has 1 saturated heterocycles. The molecule has 1 fully saturated rings. The number of carbonyl (C=O) groups is 1. The molecule has 0 saturated carbocycles. The van der Waals surface area contributed by atoms with Crippen LogP contribution < -0.4 is 10.1 Å². The van der Waals surface area contributed by atoms with E-state index < -0.39 is 0 Å². The van der Waals surface area contributed by atoms with E-state index in [1.54, 1.807) is 13.2 Å². The SMILES string of the molecule is COc1cc(C(=O)NCc2ccc(CN3CCOCC3)cc2)ccc1C. The van der Waals surface area contributed by atoms with Gasteiger partial charge in [0.2, 0.25) is 0 Å². The third kappa shape index (κ3) is 4.84. The normalized spacial score (nSPS) is 14.8. The second-order valence-corrected chi connectivity index (χ2v) is 6.57. The summed E-state index contributed by atoms with van der Waals surface area (Å²) < 4.78 is 10.7. The largest absolute Gasteiger partial charge is 0.496 e. The molecule has 5 heteroatoms. The maximum absolute atomic E-state index is 12.3. The summed E-state index contributed by atoms with van der Waals surface area (Å²) in [6.07, 6.45) is 0. The van der Waals surface area contributed by atoms with Gasteiger partial charge in [-0.1, -0.05) is 30.3 Å². The van der Waals surface area contributed by atoms with Gasteiger partial charge in [-0.05, 0) is 35.7 Å². The van der Waals surface area contributed by atoms with Crippen LogP contribution in [0.25, 0.3) is 0 Å². The van der Waals surface area contributed by atoms with Gasteiger partial charge in [0.05, 0.1) is 20.3 Å². The van der Waals surface area contributed by atoms with Gasteiger partial charge < -0.3 is 14.8 Å². The number of hydrogen-bond donors (Lipinski definition) is 1. The summed E-state index contributed by atoms with van der Waals surface area (Å²) in [5.74, 6) is 0.630. The van der Waals surface area contributed by atoms with Crippen LogP contribution >= 0.6 is 0 Å². The van der Waals surface area contributed by atoms with E-state index in [4.69, 9.17) is 9.47 Å². The van der Waals surface area contributed by atoms with Crippen LogP contribution in [0.5, 0.6) is 5.75 Å². The van der Waals surface area contributed by atoms with E-state index in [1.807, 2.05) is 19.1 Å². The standard InChI is InChI=1S/C21H26N2O3/c1-16-3-8-19(13-20(16)25-2)21(24)22-14-17-4-6-18(7-5-17)15-23-9-11-26-12-10-23/h3-8,13H,9-12,14-15H2,1-2H3,(H,22,24). The minimum Gasteiger partial charge on any atom is -0.496 e. The molecule has 1 aliphatic rings. The molecule has 2 aromatic carbocycles. The second kappa shape index (κ2) is 8.83. The van der Waals surface area contributed by atoms with Crippen LogP contribution in [0.3, 0.4) is 0 Å². The summed E-state index contributed by atoms with van der Waals surface area (Å²) in [5, 5.41) is 2.97. The first kappa shape index (κ1) is 18.4. The molecule has 0 atom stereocenters. The number of methoxy groups -OCH3 is 1. The number of aryl methyl sites for hydroxylation is 1. The highest BCUT2D eigenvalue weighted by molar-refractivity contribution is 5.94. The zero-order valence-electron chi connectivity index (χ0n) is 15.5. The molecule has 1 heterocycles. The Hall–Kier alpha value is -2.37. The first-order valence-corrected chi connectivity index (χ1v) is 8.96. The Morgan fingerprint density at radius 3 is 2.50 bits per heavy atom. The molecule has 1 N–H and O–H groups in total. The average molecular weight is 354 g/mol. The molecular weight excluding hydrogens is 328 g/mol. The summed E-state index contributed by atoms with van der Waals surface area (Å²) in [4.78, 5) is 14.7. The minimum atomic E-state index is -0.0966. The lowest BCUT2D eigenvalue weighted by Crippen LogP contribution is -2.35. The number of hydrogen-bond acceptors (Lipinski definition) is 4. The van der Waals surface area contributed by atoms with Gasteiger partial charge >= 0.3 is 0 Å². The maximum Gasteiger partial charge on any atom is 0.251 e. The van der Waals surface area contributed by atoms with Crippen LogP contribution in [0.2, 0.25) is 0 Å². The van der Waals surface area contributed by atoms with Gasteiger partial charge in [-0.25, -0.2) is 0 Å². The lowest BCUT2D eigenvalue weighted by atomic mass is 10.1. The number of nitrogens with zero attached hydrogens (tertiary/aromatic N) is 1. The zero-order chi connectivity index (χ0) is 18.4. The van der Waals surface area contributed by atoms with Gasteiger partial charge in [0.1, 0.15) is 5.75 Å². The molecular formula is C21H26N2O3. The quantitative estimate of drug-likeness (QED) is 0.867. The predicted octanol–water partition coefficient (Wildman–Crippen LogP) is 2.77. The number of rotatable bonds is 6. The predicted molar refractivity (Wildman–Crippen MR) is 101 cm³/mol. The van der Waals surface area contributed by atoms with Crippen molar-refractivity contribution in [1.82, 2.24) is 10.2 Å². The molecule has 3 rings (SSSR count). The van der Waals surface area contributed by atoms with E-state index in [0.717, 1.165) is 49.7 Å². The summed E-state index contributed by atoms with van der Waals surface area (Å²) >= 11 is 0. The van der Waals surface area contributed by atoms with Gasteiger partial charge in [0, 0.05) is 31.7 Å². The molecule has 2 aromatic rings. The van der Waals surface area contributed by atoms with Crippen LogP contribution in [-0.2, 0) is 17.8 Å². The smallest absolute Gasteiger partial charge is 0.251 e. The van der Waals surface area contributed by atoms with Crippen molar-refractivity contribution in [3.8, 4) is 5.75 Å². The first-order valence-electron chi connectivity index (χ1n) is 8.96. The van der Waals surface area contributed by atoms with Crippen molar-refractivity contribution < 1.29 is 14.3 Å². The van der Waals surface area contributed by atoms with E-state index in [9.17, 15) is 4.79 Å². The van der Waals surface area contributed by atoms with Gasteiger partial charge in [-0.2, -0.15) is 0 Å². The fourth-order valence-electron chi connectivity index (χ4n) is 3.03. The van der Waals surface area contributed by atoms with Crippen molar-refractivity contribution in [2.45, 2.75) is 20.0 Å². The number of benzene rings is 2. The van der Waals surface area contributed by atoms with Crippen LogP contribution in [-0.4, -0.2) is 44.2 Å². The molecule has 5 nitrogen and oxygen atoms in total. The van der Waals surface area contributed by atoms with Crippen LogP contribution in [0.1, 0.15) is 27.0 Å². The summed E-state index contributed by atoms with van der Waals surface area (Å²) in [7, 11) is 1.61. The Bertz CT molecular complexity index is 737. The highest BCUT2D eigenvalue weighted by Gasteiger charge is 2.11. The summed E-state index contributed by atoms with van der Waals surface area (Å²) in [6.45, 7) is 7.00. The molecule has 0 radical (unpaired) electrons. The monoisotopic (exact) mass is 354 g/mol.